The molecule has 22 heavy (non-hydrogen) atoms. The molecule has 6 nitrogen and oxygen atoms in total. The summed E-state index contributed by atoms with van der Waals surface area (Å²) in [6.45, 7) is 7.64. The number of hydrogen-bond donors (Lipinski definition) is 0. The molecule has 0 atom stereocenters. The van der Waals surface area contributed by atoms with Crippen LogP contribution in [0.4, 0.5) is 5.69 Å². The second-order valence-electron chi connectivity index (χ2n) is 4.97. The number of anilines is 1. The van der Waals surface area contributed by atoms with Crippen LogP contribution in [0.15, 0.2) is 37.9 Å². The summed E-state index contributed by atoms with van der Waals surface area (Å²) < 4.78 is 10.7. The van der Waals surface area contributed by atoms with Crippen molar-refractivity contribution in [2.24, 2.45) is 0 Å². The standard InChI is InChI=1S/C16H17N3O3/c1-4-19(5-2)12-7-6-11-8-13(15-18-17-10(3)21-15)16(20)22-14(11)9-12/h6-9H,4-5H2,1-3H3. The molecule has 0 amide bonds. The van der Waals surface area contributed by atoms with Crippen LogP contribution in [0.2, 0.25) is 0 Å². The van der Waals surface area contributed by atoms with Gasteiger partial charge in [0.2, 0.25) is 5.89 Å². The van der Waals surface area contributed by atoms with Gasteiger partial charge < -0.3 is 13.7 Å². The van der Waals surface area contributed by atoms with Crippen molar-refractivity contribution >= 4 is 16.7 Å². The molecule has 0 saturated carbocycles. The van der Waals surface area contributed by atoms with E-state index >= 15 is 0 Å². The molecule has 0 radical (unpaired) electrons. The van der Waals surface area contributed by atoms with Crippen molar-refractivity contribution in [3.63, 3.8) is 0 Å². The van der Waals surface area contributed by atoms with E-state index < -0.39 is 5.63 Å². The Morgan fingerprint density at radius 1 is 1.09 bits per heavy atom. The highest BCUT2D eigenvalue weighted by molar-refractivity contribution is 5.83. The number of fused-ring (bicyclic) bond motifs is 1. The van der Waals surface area contributed by atoms with Crippen LogP contribution < -0.4 is 10.5 Å². The molecule has 6 heteroatoms. The van der Waals surface area contributed by atoms with Gasteiger partial charge in [-0.05, 0) is 32.0 Å². The topological polar surface area (TPSA) is 72.4 Å². The van der Waals surface area contributed by atoms with Gasteiger partial charge in [-0.25, -0.2) is 4.79 Å². The Bertz CT molecular complexity index is 862. The third-order valence-electron chi connectivity index (χ3n) is 3.60. The van der Waals surface area contributed by atoms with E-state index in [4.69, 9.17) is 8.83 Å². The van der Waals surface area contributed by atoms with E-state index in [2.05, 4.69) is 28.9 Å². The molecule has 1 aromatic carbocycles. The largest absolute Gasteiger partial charge is 0.422 e. The first-order valence-corrected chi connectivity index (χ1v) is 7.25. The summed E-state index contributed by atoms with van der Waals surface area (Å²) >= 11 is 0. The second-order valence-corrected chi connectivity index (χ2v) is 4.97. The zero-order valence-electron chi connectivity index (χ0n) is 12.8. The van der Waals surface area contributed by atoms with Crippen LogP contribution in [0.3, 0.4) is 0 Å². The van der Waals surface area contributed by atoms with E-state index in [0.717, 1.165) is 24.2 Å². The SMILES string of the molecule is CCN(CC)c1ccc2cc(-c3nnc(C)o3)c(=O)oc2c1. The number of hydrogen-bond acceptors (Lipinski definition) is 6. The van der Waals surface area contributed by atoms with Crippen molar-refractivity contribution in [3.05, 3.63) is 40.6 Å². The molecule has 0 spiro atoms. The number of aromatic nitrogens is 2. The van der Waals surface area contributed by atoms with Gasteiger partial charge in [0.25, 0.3) is 5.89 Å². The predicted molar refractivity (Wildman–Crippen MR) is 84.1 cm³/mol. The number of aryl methyl sites for hydroxylation is 1. The normalized spacial score (nSPS) is 11.0. The van der Waals surface area contributed by atoms with Gasteiger partial charge in [-0.2, -0.15) is 0 Å². The van der Waals surface area contributed by atoms with Gasteiger partial charge >= 0.3 is 5.63 Å². The van der Waals surface area contributed by atoms with Crippen LogP contribution in [0.5, 0.6) is 0 Å². The molecule has 0 aliphatic rings. The zero-order valence-corrected chi connectivity index (χ0v) is 12.8. The monoisotopic (exact) mass is 299 g/mol. The van der Waals surface area contributed by atoms with Crippen molar-refractivity contribution in [2.45, 2.75) is 20.8 Å². The first-order valence-electron chi connectivity index (χ1n) is 7.25. The highest BCUT2D eigenvalue weighted by Crippen LogP contribution is 2.24. The third kappa shape index (κ3) is 2.47. The summed E-state index contributed by atoms with van der Waals surface area (Å²) in [5.74, 6) is 0.590. The maximum Gasteiger partial charge on any atom is 0.349 e. The van der Waals surface area contributed by atoms with Gasteiger partial charge in [0.1, 0.15) is 11.1 Å². The van der Waals surface area contributed by atoms with Crippen LogP contribution in [0.25, 0.3) is 22.4 Å². The lowest BCUT2D eigenvalue weighted by Gasteiger charge is -2.20. The fourth-order valence-corrected chi connectivity index (χ4v) is 2.44. The van der Waals surface area contributed by atoms with Gasteiger partial charge in [0, 0.05) is 37.2 Å². The van der Waals surface area contributed by atoms with Crippen LogP contribution in [0, 0.1) is 6.92 Å². The maximum atomic E-state index is 12.2. The molecule has 0 aliphatic heterocycles. The van der Waals surface area contributed by atoms with Crippen molar-refractivity contribution in [3.8, 4) is 11.5 Å². The molecule has 3 aromatic rings. The summed E-state index contributed by atoms with van der Waals surface area (Å²) in [7, 11) is 0. The first-order chi connectivity index (χ1) is 10.6. The Hall–Kier alpha value is -2.63. The molecule has 3 rings (SSSR count). The molecule has 0 fully saturated rings. The first kappa shape index (κ1) is 14.3. The van der Waals surface area contributed by atoms with E-state index in [0.29, 0.717) is 11.5 Å². The highest BCUT2D eigenvalue weighted by Gasteiger charge is 2.14. The van der Waals surface area contributed by atoms with E-state index in [1.807, 2.05) is 18.2 Å². The zero-order chi connectivity index (χ0) is 15.7. The lowest BCUT2D eigenvalue weighted by Crippen LogP contribution is -2.21. The van der Waals surface area contributed by atoms with Crippen LogP contribution >= 0.6 is 0 Å². The van der Waals surface area contributed by atoms with Gasteiger partial charge in [0.05, 0.1) is 0 Å². The molecule has 2 heterocycles. The van der Waals surface area contributed by atoms with Crippen LogP contribution in [-0.2, 0) is 0 Å². The Kier molecular flexibility index (Phi) is 3.66. The third-order valence-corrected chi connectivity index (χ3v) is 3.60. The van der Waals surface area contributed by atoms with Gasteiger partial charge in [-0.3, -0.25) is 0 Å². The van der Waals surface area contributed by atoms with Crippen LogP contribution in [-0.4, -0.2) is 23.3 Å². The second kappa shape index (κ2) is 5.63. The van der Waals surface area contributed by atoms with Gasteiger partial charge in [-0.1, -0.05) is 0 Å². The summed E-state index contributed by atoms with van der Waals surface area (Å²) in [5.41, 5.74) is 1.38. The van der Waals surface area contributed by atoms with E-state index in [1.165, 1.54) is 0 Å². The summed E-state index contributed by atoms with van der Waals surface area (Å²) in [6, 6.07) is 7.55. The Morgan fingerprint density at radius 3 is 2.50 bits per heavy atom. The molecule has 114 valence electrons. The minimum atomic E-state index is -0.479. The van der Waals surface area contributed by atoms with E-state index in [9.17, 15) is 4.79 Å². The predicted octanol–water partition coefficient (Wildman–Crippen LogP) is 3.00. The maximum absolute atomic E-state index is 12.2. The molecule has 0 unspecified atom stereocenters. The summed E-state index contributed by atoms with van der Waals surface area (Å²) in [4.78, 5) is 14.3. The molecule has 0 bridgehead atoms. The van der Waals surface area contributed by atoms with Crippen LogP contribution in [0.1, 0.15) is 19.7 Å². The van der Waals surface area contributed by atoms with Crippen molar-refractivity contribution in [1.29, 1.82) is 0 Å². The van der Waals surface area contributed by atoms with E-state index in [-0.39, 0.29) is 11.5 Å². The lowest BCUT2D eigenvalue weighted by molar-refractivity contribution is 0.521. The molecule has 0 saturated heterocycles. The Labute approximate surface area is 127 Å². The summed E-state index contributed by atoms with van der Waals surface area (Å²) in [5, 5.41) is 8.43. The number of nitrogens with zero attached hydrogens (tertiary/aromatic N) is 3. The quantitative estimate of drug-likeness (QED) is 0.690. The van der Waals surface area contributed by atoms with Gasteiger partial charge in [-0.15, -0.1) is 10.2 Å². The average Bonchev–Trinajstić information content (AvgIpc) is 2.94. The minimum Gasteiger partial charge on any atom is -0.422 e. The Balaban J connectivity index is 2.12. The molecule has 0 aliphatic carbocycles. The molecular weight excluding hydrogens is 282 g/mol. The minimum absolute atomic E-state index is 0.181. The number of rotatable bonds is 4. The highest BCUT2D eigenvalue weighted by atomic mass is 16.4. The molecule has 0 N–H and O–H groups in total. The number of benzene rings is 1. The fraction of sp³-hybridized carbons (Fsp3) is 0.312. The van der Waals surface area contributed by atoms with E-state index in [1.54, 1.807) is 13.0 Å². The van der Waals surface area contributed by atoms with Crippen molar-refractivity contribution in [1.82, 2.24) is 10.2 Å². The lowest BCUT2D eigenvalue weighted by atomic mass is 10.1. The summed E-state index contributed by atoms with van der Waals surface area (Å²) in [6.07, 6.45) is 0. The smallest absolute Gasteiger partial charge is 0.349 e. The van der Waals surface area contributed by atoms with Gasteiger partial charge in [0.15, 0.2) is 0 Å². The fourth-order valence-electron chi connectivity index (χ4n) is 2.44. The van der Waals surface area contributed by atoms with Crippen molar-refractivity contribution in [2.75, 3.05) is 18.0 Å². The van der Waals surface area contributed by atoms with Crippen molar-refractivity contribution < 1.29 is 8.83 Å². The molecular formula is C16H17N3O3. The Morgan fingerprint density at radius 2 is 1.86 bits per heavy atom. The average molecular weight is 299 g/mol. The molecule has 2 aromatic heterocycles.